The zero-order valence-electron chi connectivity index (χ0n) is 25.5. The molecule has 1 aliphatic rings. The Balaban J connectivity index is 2.32. The Bertz CT molecular complexity index is 1420. The van der Waals surface area contributed by atoms with Gasteiger partial charge < -0.3 is 58.7 Å². The van der Waals surface area contributed by atoms with Crippen molar-refractivity contribution in [3.05, 3.63) is 29.8 Å². The van der Waals surface area contributed by atoms with Gasteiger partial charge in [-0.2, -0.15) is 0 Å². The second kappa shape index (κ2) is 17.8. The lowest BCUT2D eigenvalue weighted by atomic mass is 10.0. The van der Waals surface area contributed by atoms with E-state index in [4.69, 9.17) is 22.3 Å². The van der Waals surface area contributed by atoms with Crippen LogP contribution in [0.15, 0.2) is 24.3 Å². The molecule has 0 unspecified atom stereocenters. The molecule has 5 atom stereocenters. The molecule has 1 aromatic rings. The van der Waals surface area contributed by atoms with Gasteiger partial charge in [0.1, 0.15) is 36.5 Å². The first-order chi connectivity index (χ1) is 22.5. The van der Waals surface area contributed by atoms with Crippen LogP contribution >= 0.6 is 0 Å². The summed E-state index contributed by atoms with van der Waals surface area (Å²) in [4.78, 5) is 112. The molecule has 1 aliphatic heterocycles. The largest absolute Gasteiger partial charge is 0.508 e. The fourth-order valence-corrected chi connectivity index (χ4v) is 4.79. The SMILES string of the molecule is NC(=O)C[C@H](NC(=O)[C@H](Cc1ccc(O)cc1)NC(=O)[C@@H]1CCCN1C(=O)[C@@H](N)CC(N)=O)C(=O)N[C@@H](CC(=O)O)C(=O)NCC(=O)O. The van der Waals surface area contributed by atoms with Gasteiger partial charge in [-0.15, -0.1) is 0 Å². The van der Waals surface area contributed by atoms with Crippen molar-refractivity contribution in [1.29, 1.82) is 0 Å². The molecule has 0 aromatic heterocycles. The topological polar surface area (TPSA) is 344 Å². The van der Waals surface area contributed by atoms with Crippen LogP contribution in [0.1, 0.15) is 37.7 Å². The highest BCUT2D eigenvalue weighted by molar-refractivity contribution is 5.98. The van der Waals surface area contributed by atoms with Gasteiger partial charge in [0.05, 0.1) is 25.3 Å². The number of carbonyl (C=O) groups excluding carboxylic acids is 7. The number of carboxylic acid groups (broad SMARTS) is 2. The molecule has 1 heterocycles. The van der Waals surface area contributed by atoms with Crippen LogP contribution in [-0.2, 0) is 49.6 Å². The Kier molecular flexibility index (Phi) is 14.2. The minimum absolute atomic E-state index is 0.0994. The lowest BCUT2D eigenvalue weighted by Crippen LogP contribution is -2.59. The summed E-state index contributed by atoms with van der Waals surface area (Å²) in [6.45, 7) is -0.775. The average molecular weight is 679 g/mol. The van der Waals surface area contributed by atoms with Crippen LogP contribution in [0.25, 0.3) is 0 Å². The van der Waals surface area contributed by atoms with Crippen molar-refractivity contribution in [2.45, 2.75) is 68.7 Å². The number of phenolic OH excluding ortho intramolecular Hbond substituents is 1. The Morgan fingerprint density at radius 1 is 0.771 bits per heavy atom. The monoisotopic (exact) mass is 678 g/mol. The fourth-order valence-electron chi connectivity index (χ4n) is 4.79. The third kappa shape index (κ3) is 12.2. The molecule has 262 valence electrons. The van der Waals surface area contributed by atoms with Crippen LogP contribution < -0.4 is 38.5 Å². The number of amides is 7. The highest BCUT2D eigenvalue weighted by Gasteiger charge is 2.38. The zero-order valence-corrected chi connectivity index (χ0v) is 25.5. The van der Waals surface area contributed by atoms with Crippen molar-refractivity contribution in [1.82, 2.24) is 26.2 Å². The Morgan fingerprint density at radius 2 is 1.33 bits per heavy atom. The van der Waals surface area contributed by atoms with Gasteiger partial charge in [0.2, 0.25) is 41.4 Å². The fraction of sp³-hybridized carbons (Fsp3) is 0.464. The van der Waals surface area contributed by atoms with E-state index in [-0.39, 0.29) is 25.1 Å². The first-order valence-electron chi connectivity index (χ1n) is 14.5. The molecule has 0 spiro atoms. The van der Waals surface area contributed by atoms with Gasteiger partial charge in [0, 0.05) is 13.0 Å². The van der Waals surface area contributed by atoms with Crippen LogP contribution in [0, 0.1) is 0 Å². The Morgan fingerprint density at radius 3 is 1.88 bits per heavy atom. The van der Waals surface area contributed by atoms with Crippen molar-refractivity contribution in [3.8, 4) is 5.75 Å². The van der Waals surface area contributed by atoms with Crippen molar-refractivity contribution < 1.29 is 58.5 Å². The molecule has 0 bridgehead atoms. The Labute approximate surface area is 272 Å². The van der Waals surface area contributed by atoms with E-state index < -0.39 is 109 Å². The summed E-state index contributed by atoms with van der Waals surface area (Å²) >= 11 is 0. The number of carboxylic acids is 2. The molecule has 0 saturated carbocycles. The number of hydrogen-bond acceptors (Lipinski definition) is 11. The van der Waals surface area contributed by atoms with Crippen LogP contribution in [0.4, 0.5) is 0 Å². The Hall–Kier alpha value is -5.79. The maximum Gasteiger partial charge on any atom is 0.322 e. The summed E-state index contributed by atoms with van der Waals surface area (Å²) in [5, 5.41) is 36.4. The number of phenols is 1. The second-order valence-corrected chi connectivity index (χ2v) is 10.9. The number of nitrogens with zero attached hydrogens (tertiary/aromatic N) is 1. The van der Waals surface area contributed by atoms with E-state index >= 15 is 0 Å². The maximum atomic E-state index is 13.6. The van der Waals surface area contributed by atoms with E-state index in [2.05, 4.69) is 16.0 Å². The third-order valence-corrected chi connectivity index (χ3v) is 7.05. The molecule has 2 rings (SSSR count). The molecule has 7 amide bonds. The standard InChI is InChI=1S/C28H38N8O12/c29-15(9-20(30)38)28(48)36-7-1-2-19(36)27(47)35-16(8-13-3-5-14(37)6-4-13)25(45)33-17(10-21(31)39)26(46)34-18(11-22(40)41)24(44)32-12-23(42)43/h3-6,15-19,37H,1-2,7-12,29H2,(H2,30,38)(H2,31,39)(H,32,44)(H,33,45)(H,34,46)(H,35,47)(H,40,41)(H,42,43)/t15-,16-,17-,18-,19-/m0/s1. The molecule has 0 radical (unpaired) electrons. The van der Waals surface area contributed by atoms with Crippen molar-refractivity contribution in [3.63, 3.8) is 0 Å². The smallest absolute Gasteiger partial charge is 0.322 e. The summed E-state index contributed by atoms with van der Waals surface area (Å²) in [6.07, 6.45) is -1.96. The van der Waals surface area contributed by atoms with Crippen LogP contribution in [0.3, 0.4) is 0 Å². The minimum Gasteiger partial charge on any atom is -0.508 e. The third-order valence-electron chi connectivity index (χ3n) is 7.05. The molecular formula is C28H38N8O12. The van der Waals surface area contributed by atoms with E-state index in [1.54, 1.807) is 0 Å². The molecule has 20 heteroatoms. The number of carbonyl (C=O) groups is 9. The summed E-state index contributed by atoms with van der Waals surface area (Å²) in [7, 11) is 0. The second-order valence-electron chi connectivity index (χ2n) is 10.9. The number of nitrogens with one attached hydrogen (secondary N) is 4. The predicted octanol–water partition coefficient (Wildman–Crippen LogP) is -4.87. The van der Waals surface area contributed by atoms with Crippen molar-refractivity contribution >= 4 is 53.3 Å². The summed E-state index contributed by atoms with van der Waals surface area (Å²) < 4.78 is 0. The number of benzene rings is 1. The number of aliphatic carboxylic acids is 2. The quantitative estimate of drug-likeness (QED) is 0.0697. The maximum absolute atomic E-state index is 13.6. The van der Waals surface area contributed by atoms with Gasteiger partial charge in [-0.3, -0.25) is 43.2 Å². The van der Waals surface area contributed by atoms with E-state index in [0.29, 0.717) is 12.0 Å². The van der Waals surface area contributed by atoms with E-state index in [0.717, 1.165) is 4.90 Å². The first kappa shape index (κ1) is 38.4. The number of rotatable bonds is 18. The minimum atomic E-state index is -1.82. The molecule has 1 aromatic carbocycles. The number of hydrogen-bond donors (Lipinski definition) is 10. The lowest BCUT2D eigenvalue weighted by molar-refractivity contribution is -0.142. The van der Waals surface area contributed by atoms with Crippen molar-refractivity contribution in [2.75, 3.05) is 13.1 Å². The van der Waals surface area contributed by atoms with E-state index in [1.807, 2.05) is 5.32 Å². The predicted molar refractivity (Wildman–Crippen MR) is 161 cm³/mol. The molecule has 1 fully saturated rings. The van der Waals surface area contributed by atoms with Crippen LogP contribution in [0.2, 0.25) is 0 Å². The van der Waals surface area contributed by atoms with Crippen LogP contribution in [0.5, 0.6) is 5.75 Å². The van der Waals surface area contributed by atoms with Gasteiger partial charge in [0.25, 0.3) is 0 Å². The number of nitrogens with two attached hydrogens (primary N) is 3. The first-order valence-corrected chi connectivity index (χ1v) is 14.5. The summed E-state index contributed by atoms with van der Waals surface area (Å²) in [6, 6.07) is -2.00. The molecular weight excluding hydrogens is 640 g/mol. The van der Waals surface area contributed by atoms with Crippen LogP contribution in [-0.4, -0.2) is 117 Å². The molecule has 0 aliphatic carbocycles. The zero-order chi connectivity index (χ0) is 36.1. The number of aromatic hydroxyl groups is 1. The summed E-state index contributed by atoms with van der Waals surface area (Å²) in [5.74, 6) is -9.98. The molecule has 1 saturated heterocycles. The van der Waals surface area contributed by atoms with E-state index in [9.17, 15) is 53.4 Å². The van der Waals surface area contributed by atoms with Gasteiger partial charge >= 0.3 is 11.9 Å². The lowest BCUT2D eigenvalue weighted by Gasteiger charge is -2.29. The number of primary amides is 2. The van der Waals surface area contributed by atoms with E-state index in [1.165, 1.54) is 24.3 Å². The molecule has 20 nitrogen and oxygen atoms in total. The van der Waals surface area contributed by atoms with Gasteiger partial charge in [-0.25, -0.2) is 0 Å². The molecule has 48 heavy (non-hydrogen) atoms. The average Bonchev–Trinajstić information content (AvgIpc) is 3.48. The van der Waals surface area contributed by atoms with Gasteiger partial charge in [0.15, 0.2) is 0 Å². The normalized spacial score (nSPS) is 16.4. The highest BCUT2D eigenvalue weighted by atomic mass is 16.4. The van der Waals surface area contributed by atoms with Crippen molar-refractivity contribution in [2.24, 2.45) is 17.2 Å². The van der Waals surface area contributed by atoms with Gasteiger partial charge in [-0.1, -0.05) is 12.1 Å². The van der Waals surface area contributed by atoms with Gasteiger partial charge in [-0.05, 0) is 30.5 Å². The molecule has 13 N–H and O–H groups in total. The highest BCUT2D eigenvalue weighted by Crippen LogP contribution is 2.20. The number of likely N-dealkylation sites (tertiary alicyclic amines) is 1. The summed E-state index contributed by atoms with van der Waals surface area (Å²) in [5.41, 5.74) is 16.6.